The van der Waals surface area contributed by atoms with Crippen LogP contribution in [0.1, 0.15) is 33.1 Å². The predicted octanol–water partition coefficient (Wildman–Crippen LogP) is 1.27. The molecule has 1 N–H and O–H groups in total. The van der Waals surface area contributed by atoms with Gasteiger partial charge in [-0.2, -0.15) is 0 Å². The summed E-state index contributed by atoms with van der Waals surface area (Å²) in [5.74, 6) is -0.690. The molecular formula is C12H24N2O2. The van der Waals surface area contributed by atoms with Crippen LogP contribution in [0.2, 0.25) is 0 Å². The van der Waals surface area contributed by atoms with Crippen molar-refractivity contribution in [2.24, 2.45) is 0 Å². The summed E-state index contributed by atoms with van der Waals surface area (Å²) >= 11 is 0. The standard InChI is InChI=1S/C12H24N2O2/c1-3-13-8-5-11(6-9-13)14(4-2)10-7-12(15)16/h11H,3-10H2,1-2H3,(H,15,16). The number of carboxylic acids is 1. The highest BCUT2D eigenvalue weighted by molar-refractivity contribution is 5.66. The highest BCUT2D eigenvalue weighted by Gasteiger charge is 2.22. The Balaban J connectivity index is 2.33. The van der Waals surface area contributed by atoms with E-state index in [1.807, 2.05) is 0 Å². The molecule has 1 heterocycles. The maximum Gasteiger partial charge on any atom is 0.304 e. The van der Waals surface area contributed by atoms with E-state index >= 15 is 0 Å². The Morgan fingerprint density at radius 1 is 1.38 bits per heavy atom. The van der Waals surface area contributed by atoms with Crippen molar-refractivity contribution in [1.29, 1.82) is 0 Å². The molecular weight excluding hydrogens is 204 g/mol. The molecule has 4 heteroatoms. The first-order chi connectivity index (χ1) is 7.67. The van der Waals surface area contributed by atoms with E-state index in [2.05, 4.69) is 23.6 Å². The molecule has 0 spiro atoms. The summed E-state index contributed by atoms with van der Waals surface area (Å²) in [6.45, 7) is 9.42. The normalized spacial score (nSPS) is 19.2. The van der Waals surface area contributed by atoms with Crippen molar-refractivity contribution in [3.63, 3.8) is 0 Å². The highest BCUT2D eigenvalue weighted by Crippen LogP contribution is 2.16. The average molecular weight is 228 g/mol. The van der Waals surface area contributed by atoms with Crippen LogP contribution in [0.4, 0.5) is 0 Å². The molecule has 0 radical (unpaired) electrons. The van der Waals surface area contributed by atoms with Crippen LogP contribution in [-0.4, -0.2) is 59.6 Å². The average Bonchev–Trinajstić information content (AvgIpc) is 2.30. The fraction of sp³-hybridized carbons (Fsp3) is 0.917. The molecule has 0 unspecified atom stereocenters. The fourth-order valence-electron chi connectivity index (χ4n) is 2.44. The zero-order chi connectivity index (χ0) is 12.0. The molecule has 0 aromatic heterocycles. The number of piperidine rings is 1. The van der Waals surface area contributed by atoms with E-state index in [0.717, 1.165) is 26.2 Å². The summed E-state index contributed by atoms with van der Waals surface area (Å²) in [5.41, 5.74) is 0. The van der Waals surface area contributed by atoms with Crippen molar-refractivity contribution in [3.05, 3.63) is 0 Å². The first kappa shape index (κ1) is 13.5. The molecule has 0 aromatic rings. The number of aliphatic carboxylic acids is 1. The molecule has 0 amide bonds. The third-order valence-electron chi connectivity index (χ3n) is 3.54. The minimum Gasteiger partial charge on any atom is -0.481 e. The Hall–Kier alpha value is -0.610. The van der Waals surface area contributed by atoms with Crippen molar-refractivity contribution in [2.75, 3.05) is 32.7 Å². The van der Waals surface area contributed by atoms with Crippen molar-refractivity contribution in [3.8, 4) is 0 Å². The number of hydrogen-bond acceptors (Lipinski definition) is 3. The quantitative estimate of drug-likeness (QED) is 0.743. The Morgan fingerprint density at radius 3 is 2.44 bits per heavy atom. The summed E-state index contributed by atoms with van der Waals surface area (Å²) in [6, 6.07) is 0.590. The van der Waals surface area contributed by atoms with Crippen LogP contribution in [0.5, 0.6) is 0 Å². The van der Waals surface area contributed by atoms with Crippen LogP contribution in [0.3, 0.4) is 0 Å². The van der Waals surface area contributed by atoms with Gasteiger partial charge in [0.25, 0.3) is 0 Å². The summed E-state index contributed by atoms with van der Waals surface area (Å²) in [5, 5.41) is 8.70. The van der Waals surface area contributed by atoms with E-state index in [0.29, 0.717) is 12.6 Å². The third kappa shape index (κ3) is 4.10. The van der Waals surface area contributed by atoms with Gasteiger partial charge in [0.15, 0.2) is 0 Å². The lowest BCUT2D eigenvalue weighted by atomic mass is 10.0. The van der Waals surface area contributed by atoms with Crippen LogP contribution in [0.15, 0.2) is 0 Å². The monoisotopic (exact) mass is 228 g/mol. The second kappa shape index (κ2) is 6.86. The molecule has 1 aliphatic rings. The van der Waals surface area contributed by atoms with Gasteiger partial charge in [-0.15, -0.1) is 0 Å². The van der Waals surface area contributed by atoms with Crippen LogP contribution in [0.25, 0.3) is 0 Å². The first-order valence-corrected chi connectivity index (χ1v) is 6.35. The summed E-state index contributed by atoms with van der Waals surface area (Å²) in [4.78, 5) is 15.3. The van der Waals surface area contributed by atoms with Gasteiger partial charge < -0.3 is 10.0 Å². The van der Waals surface area contributed by atoms with Gasteiger partial charge in [0.05, 0.1) is 6.42 Å². The topological polar surface area (TPSA) is 43.8 Å². The minimum atomic E-state index is -0.690. The van der Waals surface area contributed by atoms with Crippen LogP contribution in [-0.2, 0) is 4.79 Å². The van der Waals surface area contributed by atoms with Crippen LogP contribution >= 0.6 is 0 Å². The molecule has 0 bridgehead atoms. The number of carbonyl (C=O) groups is 1. The zero-order valence-electron chi connectivity index (χ0n) is 10.5. The maximum absolute atomic E-state index is 10.6. The lowest BCUT2D eigenvalue weighted by Gasteiger charge is -2.37. The van der Waals surface area contributed by atoms with Gasteiger partial charge in [-0.25, -0.2) is 0 Å². The van der Waals surface area contributed by atoms with Gasteiger partial charge in [0, 0.05) is 12.6 Å². The number of nitrogens with zero attached hydrogens (tertiary/aromatic N) is 2. The summed E-state index contributed by atoms with van der Waals surface area (Å²) in [7, 11) is 0. The smallest absolute Gasteiger partial charge is 0.304 e. The maximum atomic E-state index is 10.6. The Morgan fingerprint density at radius 2 is 2.00 bits per heavy atom. The third-order valence-corrected chi connectivity index (χ3v) is 3.54. The second-order valence-electron chi connectivity index (χ2n) is 4.44. The Bertz CT molecular complexity index is 213. The van der Waals surface area contributed by atoms with Crippen molar-refractivity contribution >= 4 is 5.97 Å². The minimum absolute atomic E-state index is 0.266. The molecule has 0 saturated carbocycles. The molecule has 94 valence electrons. The predicted molar refractivity (Wildman–Crippen MR) is 64.6 cm³/mol. The van der Waals surface area contributed by atoms with Gasteiger partial charge in [-0.1, -0.05) is 13.8 Å². The number of hydrogen-bond donors (Lipinski definition) is 1. The lowest BCUT2D eigenvalue weighted by molar-refractivity contribution is -0.137. The van der Waals surface area contributed by atoms with E-state index in [1.54, 1.807) is 0 Å². The van der Waals surface area contributed by atoms with Gasteiger partial charge in [-0.3, -0.25) is 9.69 Å². The molecule has 0 aromatic carbocycles. The van der Waals surface area contributed by atoms with Gasteiger partial charge in [0.1, 0.15) is 0 Å². The molecule has 4 nitrogen and oxygen atoms in total. The molecule has 1 rings (SSSR count). The van der Waals surface area contributed by atoms with Crippen LogP contribution in [0, 0.1) is 0 Å². The van der Waals surface area contributed by atoms with Crippen molar-refractivity contribution < 1.29 is 9.90 Å². The number of likely N-dealkylation sites (tertiary alicyclic amines) is 1. The van der Waals surface area contributed by atoms with E-state index in [1.165, 1.54) is 12.8 Å². The molecule has 0 aliphatic carbocycles. The van der Waals surface area contributed by atoms with E-state index in [-0.39, 0.29) is 6.42 Å². The van der Waals surface area contributed by atoms with Crippen LogP contribution < -0.4 is 0 Å². The highest BCUT2D eigenvalue weighted by atomic mass is 16.4. The Labute approximate surface area is 98.2 Å². The molecule has 1 saturated heterocycles. The van der Waals surface area contributed by atoms with E-state index in [4.69, 9.17) is 5.11 Å². The lowest BCUT2D eigenvalue weighted by Crippen LogP contribution is -2.45. The largest absolute Gasteiger partial charge is 0.481 e. The first-order valence-electron chi connectivity index (χ1n) is 6.35. The van der Waals surface area contributed by atoms with Gasteiger partial charge >= 0.3 is 5.97 Å². The number of rotatable bonds is 6. The van der Waals surface area contributed by atoms with E-state index in [9.17, 15) is 4.79 Å². The van der Waals surface area contributed by atoms with Gasteiger partial charge in [-0.05, 0) is 39.0 Å². The number of carboxylic acid groups (broad SMARTS) is 1. The summed E-state index contributed by atoms with van der Waals surface area (Å²) < 4.78 is 0. The molecule has 16 heavy (non-hydrogen) atoms. The van der Waals surface area contributed by atoms with Gasteiger partial charge in [0.2, 0.25) is 0 Å². The second-order valence-corrected chi connectivity index (χ2v) is 4.44. The summed E-state index contributed by atoms with van der Waals surface area (Å²) in [6.07, 6.45) is 2.63. The van der Waals surface area contributed by atoms with Crippen molar-refractivity contribution in [1.82, 2.24) is 9.80 Å². The SMILES string of the molecule is CCN1CCC(N(CC)CCC(=O)O)CC1. The zero-order valence-corrected chi connectivity index (χ0v) is 10.5. The molecule has 1 fully saturated rings. The fourth-order valence-corrected chi connectivity index (χ4v) is 2.44. The van der Waals surface area contributed by atoms with Crippen molar-refractivity contribution in [2.45, 2.75) is 39.2 Å². The van der Waals surface area contributed by atoms with E-state index < -0.39 is 5.97 Å². The Kier molecular flexibility index (Phi) is 5.77. The molecule has 0 atom stereocenters. The molecule has 1 aliphatic heterocycles.